The van der Waals surface area contributed by atoms with Gasteiger partial charge in [0.05, 0.1) is 15.6 Å². The normalized spacial score (nSPS) is 19.9. The highest BCUT2D eigenvalue weighted by Gasteiger charge is 2.20. The van der Waals surface area contributed by atoms with Crippen molar-refractivity contribution in [2.45, 2.75) is 26.8 Å². The van der Waals surface area contributed by atoms with Gasteiger partial charge in [0.1, 0.15) is 0 Å². The van der Waals surface area contributed by atoms with Gasteiger partial charge in [-0.25, -0.2) is 4.98 Å². The van der Waals surface area contributed by atoms with E-state index in [9.17, 15) is 0 Å². The van der Waals surface area contributed by atoms with E-state index >= 15 is 0 Å². The molecule has 1 aliphatic rings. The Labute approximate surface area is 116 Å². The molecule has 102 valence electrons. The largest absolute Gasteiger partial charge is 0.337 e. The van der Waals surface area contributed by atoms with Crippen LogP contribution in [-0.4, -0.2) is 45.8 Å². The van der Waals surface area contributed by atoms with Crippen LogP contribution in [0.25, 0.3) is 10.7 Å². The third-order valence-electron chi connectivity index (χ3n) is 3.24. The van der Waals surface area contributed by atoms with Crippen LogP contribution in [0.4, 0.5) is 5.95 Å². The third-order valence-corrected chi connectivity index (χ3v) is 4.32. The van der Waals surface area contributed by atoms with Crippen LogP contribution < -0.4 is 10.2 Å². The number of aromatic nitrogens is 4. The van der Waals surface area contributed by atoms with Crippen molar-refractivity contribution in [2.24, 2.45) is 0 Å². The second kappa shape index (κ2) is 4.90. The lowest BCUT2D eigenvalue weighted by atomic mass is 10.2. The van der Waals surface area contributed by atoms with Crippen LogP contribution in [0.1, 0.15) is 17.6 Å². The highest BCUT2D eigenvalue weighted by Crippen LogP contribution is 2.27. The Kier molecular flexibility index (Phi) is 3.24. The standard InChI is InChI=1S/C12H18N6S/c1-7-6-18(5-4-13-7)12-15-11(16-17-12)10-8(2)14-9(3)19-10/h7,13H,4-6H2,1-3H3,(H,15,16,17)/t7-/m0/s1. The molecule has 1 fully saturated rings. The Balaban J connectivity index is 1.85. The lowest BCUT2D eigenvalue weighted by molar-refractivity contribution is 0.480. The first kappa shape index (κ1) is 12.6. The molecule has 6 nitrogen and oxygen atoms in total. The van der Waals surface area contributed by atoms with Crippen molar-refractivity contribution in [1.82, 2.24) is 25.5 Å². The first-order chi connectivity index (χ1) is 9.13. The van der Waals surface area contributed by atoms with Crippen molar-refractivity contribution in [2.75, 3.05) is 24.5 Å². The summed E-state index contributed by atoms with van der Waals surface area (Å²) in [5, 5.41) is 11.9. The molecule has 1 aliphatic heterocycles. The summed E-state index contributed by atoms with van der Waals surface area (Å²) in [6, 6.07) is 0.475. The van der Waals surface area contributed by atoms with E-state index in [1.807, 2.05) is 13.8 Å². The Bertz CT molecular complexity index is 575. The average Bonchev–Trinajstić information content (AvgIpc) is 2.96. The minimum Gasteiger partial charge on any atom is -0.337 e. The number of hydrogen-bond acceptors (Lipinski definition) is 6. The van der Waals surface area contributed by atoms with Gasteiger partial charge in [-0.05, 0) is 20.8 Å². The van der Waals surface area contributed by atoms with E-state index in [1.165, 1.54) is 0 Å². The molecule has 0 unspecified atom stereocenters. The molecule has 0 bridgehead atoms. The Morgan fingerprint density at radius 3 is 2.84 bits per heavy atom. The van der Waals surface area contributed by atoms with Crippen molar-refractivity contribution in [3.63, 3.8) is 0 Å². The Hall–Kier alpha value is -1.47. The first-order valence-corrected chi connectivity index (χ1v) is 7.30. The van der Waals surface area contributed by atoms with Crippen LogP contribution >= 0.6 is 11.3 Å². The molecule has 3 heterocycles. The van der Waals surface area contributed by atoms with Crippen LogP contribution in [-0.2, 0) is 0 Å². The predicted octanol–water partition coefficient (Wildman–Crippen LogP) is 1.34. The van der Waals surface area contributed by atoms with Crippen LogP contribution in [0, 0.1) is 13.8 Å². The number of H-pyrrole nitrogens is 1. The minimum atomic E-state index is 0.475. The molecular formula is C12H18N6S. The maximum absolute atomic E-state index is 4.61. The van der Waals surface area contributed by atoms with E-state index in [1.54, 1.807) is 11.3 Å². The van der Waals surface area contributed by atoms with Gasteiger partial charge in [0.15, 0.2) is 5.82 Å². The first-order valence-electron chi connectivity index (χ1n) is 6.48. The summed E-state index contributed by atoms with van der Waals surface area (Å²) in [6.45, 7) is 9.06. The molecule has 1 saturated heterocycles. The monoisotopic (exact) mass is 278 g/mol. The van der Waals surface area contributed by atoms with E-state index < -0.39 is 0 Å². The summed E-state index contributed by atoms with van der Waals surface area (Å²) in [7, 11) is 0. The van der Waals surface area contributed by atoms with Gasteiger partial charge in [0, 0.05) is 25.7 Å². The third kappa shape index (κ3) is 2.48. The predicted molar refractivity (Wildman–Crippen MR) is 76.6 cm³/mol. The van der Waals surface area contributed by atoms with Gasteiger partial charge in [-0.2, -0.15) is 4.98 Å². The van der Waals surface area contributed by atoms with Crippen LogP contribution in [0.5, 0.6) is 0 Å². The maximum atomic E-state index is 4.61. The number of rotatable bonds is 2. The molecule has 0 spiro atoms. The van der Waals surface area contributed by atoms with Gasteiger partial charge in [0.25, 0.3) is 0 Å². The van der Waals surface area contributed by atoms with Gasteiger partial charge >= 0.3 is 0 Å². The van der Waals surface area contributed by atoms with Crippen molar-refractivity contribution in [3.8, 4) is 10.7 Å². The summed E-state index contributed by atoms with van der Waals surface area (Å²) in [6.07, 6.45) is 0. The van der Waals surface area contributed by atoms with Crippen molar-refractivity contribution in [3.05, 3.63) is 10.7 Å². The fraction of sp³-hybridized carbons (Fsp3) is 0.583. The maximum Gasteiger partial charge on any atom is 0.245 e. The SMILES string of the molecule is Cc1nc(C)c(-c2nc(N3CCN[C@@H](C)C3)n[nH]2)s1. The highest BCUT2D eigenvalue weighted by atomic mass is 32.1. The van der Waals surface area contributed by atoms with Crippen LogP contribution in [0.3, 0.4) is 0 Å². The van der Waals surface area contributed by atoms with Gasteiger partial charge in [0.2, 0.25) is 5.95 Å². The van der Waals surface area contributed by atoms with Gasteiger partial charge in [-0.15, -0.1) is 16.4 Å². The molecule has 0 amide bonds. The molecule has 2 N–H and O–H groups in total. The van der Waals surface area contributed by atoms with E-state index in [-0.39, 0.29) is 0 Å². The minimum absolute atomic E-state index is 0.475. The summed E-state index contributed by atoms with van der Waals surface area (Å²) in [4.78, 5) is 12.3. The van der Waals surface area contributed by atoms with Crippen molar-refractivity contribution in [1.29, 1.82) is 0 Å². The number of piperazine rings is 1. The van der Waals surface area contributed by atoms with Gasteiger partial charge in [-0.1, -0.05) is 0 Å². The molecule has 0 saturated carbocycles. The number of nitrogens with one attached hydrogen (secondary N) is 2. The molecule has 7 heteroatoms. The summed E-state index contributed by atoms with van der Waals surface area (Å²) < 4.78 is 0. The Morgan fingerprint density at radius 2 is 2.16 bits per heavy atom. The number of aromatic amines is 1. The smallest absolute Gasteiger partial charge is 0.245 e. The summed E-state index contributed by atoms with van der Waals surface area (Å²) in [5.74, 6) is 1.61. The van der Waals surface area contributed by atoms with Gasteiger partial charge < -0.3 is 10.2 Å². The molecule has 2 aromatic heterocycles. The second-order valence-corrected chi connectivity index (χ2v) is 6.14. The molecule has 19 heavy (non-hydrogen) atoms. The molecule has 0 radical (unpaired) electrons. The molecule has 1 atom stereocenters. The van der Waals surface area contributed by atoms with Crippen molar-refractivity contribution < 1.29 is 0 Å². The Morgan fingerprint density at radius 1 is 1.32 bits per heavy atom. The second-order valence-electron chi connectivity index (χ2n) is 4.93. The fourth-order valence-electron chi connectivity index (χ4n) is 2.36. The fourth-order valence-corrected chi connectivity index (χ4v) is 3.22. The zero-order chi connectivity index (χ0) is 13.4. The van der Waals surface area contributed by atoms with Crippen LogP contribution in [0.15, 0.2) is 0 Å². The number of aryl methyl sites for hydroxylation is 2. The van der Waals surface area contributed by atoms with E-state index in [2.05, 4.69) is 37.3 Å². The number of anilines is 1. The van der Waals surface area contributed by atoms with Crippen LogP contribution in [0.2, 0.25) is 0 Å². The quantitative estimate of drug-likeness (QED) is 0.867. The van der Waals surface area contributed by atoms with Gasteiger partial charge in [-0.3, -0.25) is 5.10 Å². The molecule has 3 rings (SSSR count). The number of hydrogen-bond donors (Lipinski definition) is 2. The number of thiazole rings is 1. The van der Waals surface area contributed by atoms with E-state index in [0.29, 0.717) is 6.04 Å². The molecule has 0 aliphatic carbocycles. The zero-order valence-electron chi connectivity index (χ0n) is 11.4. The average molecular weight is 278 g/mol. The lowest BCUT2D eigenvalue weighted by Gasteiger charge is -2.30. The highest BCUT2D eigenvalue weighted by molar-refractivity contribution is 7.15. The summed E-state index contributed by atoms with van der Waals surface area (Å²) >= 11 is 1.65. The lowest BCUT2D eigenvalue weighted by Crippen LogP contribution is -2.49. The zero-order valence-corrected chi connectivity index (χ0v) is 12.2. The van der Waals surface area contributed by atoms with E-state index in [0.717, 1.165) is 47.0 Å². The molecular weight excluding hydrogens is 260 g/mol. The topological polar surface area (TPSA) is 69.7 Å². The molecule has 2 aromatic rings. The summed E-state index contributed by atoms with van der Waals surface area (Å²) in [5.41, 5.74) is 1.01. The van der Waals surface area contributed by atoms with Crippen molar-refractivity contribution >= 4 is 17.3 Å². The molecule has 0 aromatic carbocycles. The number of nitrogens with zero attached hydrogens (tertiary/aromatic N) is 4. The van der Waals surface area contributed by atoms with E-state index in [4.69, 9.17) is 0 Å².